The summed E-state index contributed by atoms with van der Waals surface area (Å²) >= 11 is 0. The van der Waals surface area contributed by atoms with E-state index in [1.165, 1.54) is 14.2 Å². The lowest BCUT2D eigenvalue weighted by molar-refractivity contribution is 0.0956. The quantitative estimate of drug-likeness (QED) is 0.724. The molecule has 140 valence electrons. The number of rotatable bonds is 7. The van der Waals surface area contributed by atoms with Gasteiger partial charge in [-0.1, -0.05) is 24.0 Å². The number of carbonyl (C=O) groups is 2. The van der Waals surface area contributed by atoms with E-state index in [1.807, 2.05) is 0 Å². The van der Waals surface area contributed by atoms with Gasteiger partial charge in [-0.25, -0.2) is 0 Å². The summed E-state index contributed by atoms with van der Waals surface area (Å²) in [5, 5.41) is 2.68. The lowest BCUT2D eigenvalue weighted by Crippen LogP contribution is -2.23. The van der Waals surface area contributed by atoms with Gasteiger partial charge in [0.1, 0.15) is 12.4 Å². The zero-order valence-corrected chi connectivity index (χ0v) is 15.1. The Labute approximate surface area is 157 Å². The number of carbonyl (C=O) groups excluding carboxylic acids is 2. The van der Waals surface area contributed by atoms with Crippen molar-refractivity contribution in [3.63, 3.8) is 0 Å². The Morgan fingerprint density at radius 3 is 2.44 bits per heavy atom. The van der Waals surface area contributed by atoms with Crippen LogP contribution in [0.4, 0.5) is 0 Å². The van der Waals surface area contributed by atoms with Crippen molar-refractivity contribution < 1.29 is 23.8 Å². The third-order valence-electron chi connectivity index (χ3n) is 3.56. The lowest BCUT2D eigenvalue weighted by atomic mass is 10.2. The average molecular weight is 368 g/mol. The van der Waals surface area contributed by atoms with Crippen molar-refractivity contribution in [1.29, 1.82) is 0 Å². The molecular formula is C20H20N2O5. The monoisotopic (exact) mass is 368 g/mol. The first-order valence-electron chi connectivity index (χ1n) is 8.04. The maximum Gasteiger partial charge on any atom is 0.252 e. The Morgan fingerprint density at radius 1 is 1.00 bits per heavy atom. The minimum atomic E-state index is -0.569. The molecule has 0 aliphatic rings. The minimum Gasteiger partial charge on any atom is -0.493 e. The van der Waals surface area contributed by atoms with Crippen LogP contribution in [0, 0.1) is 11.8 Å². The van der Waals surface area contributed by atoms with E-state index in [0.717, 1.165) is 0 Å². The van der Waals surface area contributed by atoms with E-state index in [2.05, 4.69) is 17.2 Å². The number of ether oxygens (including phenoxy) is 3. The smallest absolute Gasteiger partial charge is 0.252 e. The molecule has 0 atom stereocenters. The van der Waals surface area contributed by atoms with Crippen molar-refractivity contribution in [2.75, 3.05) is 27.4 Å². The number of primary amides is 1. The Bertz CT molecular complexity index is 883. The molecule has 2 rings (SSSR count). The molecule has 7 nitrogen and oxygen atoms in total. The van der Waals surface area contributed by atoms with Gasteiger partial charge in [0.15, 0.2) is 11.5 Å². The second-order valence-corrected chi connectivity index (χ2v) is 5.26. The van der Waals surface area contributed by atoms with Crippen LogP contribution in [0.2, 0.25) is 0 Å². The maximum atomic E-state index is 12.1. The van der Waals surface area contributed by atoms with Crippen LogP contribution in [-0.2, 0) is 0 Å². The van der Waals surface area contributed by atoms with E-state index in [0.29, 0.717) is 28.4 Å². The Morgan fingerprint density at radius 2 is 1.74 bits per heavy atom. The molecule has 0 bridgehead atoms. The van der Waals surface area contributed by atoms with Gasteiger partial charge in [0, 0.05) is 5.56 Å². The summed E-state index contributed by atoms with van der Waals surface area (Å²) < 4.78 is 15.7. The predicted molar refractivity (Wildman–Crippen MR) is 100 cm³/mol. The first-order chi connectivity index (χ1) is 13.1. The highest BCUT2D eigenvalue weighted by atomic mass is 16.5. The van der Waals surface area contributed by atoms with E-state index >= 15 is 0 Å². The third-order valence-corrected chi connectivity index (χ3v) is 3.56. The molecule has 3 N–H and O–H groups in total. The van der Waals surface area contributed by atoms with Gasteiger partial charge in [-0.15, -0.1) is 0 Å². The van der Waals surface area contributed by atoms with E-state index in [-0.39, 0.29) is 19.1 Å². The number of hydrogen-bond acceptors (Lipinski definition) is 5. The Balaban J connectivity index is 1.85. The zero-order chi connectivity index (χ0) is 19.6. The highest BCUT2D eigenvalue weighted by Crippen LogP contribution is 2.27. The molecule has 7 heteroatoms. The fourth-order valence-corrected chi connectivity index (χ4v) is 2.23. The second-order valence-electron chi connectivity index (χ2n) is 5.26. The van der Waals surface area contributed by atoms with Crippen molar-refractivity contribution in [2.24, 2.45) is 5.73 Å². The van der Waals surface area contributed by atoms with Crippen molar-refractivity contribution >= 4 is 11.8 Å². The van der Waals surface area contributed by atoms with Crippen molar-refractivity contribution in [1.82, 2.24) is 5.32 Å². The lowest BCUT2D eigenvalue weighted by Gasteiger charge is -2.09. The number of amides is 2. The minimum absolute atomic E-state index is 0.0660. The second kappa shape index (κ2) is 9.73. The van der Waals surface area contributed by atoms with Crippen molar-refractivity contribution in [3.05, 3.63) is 53.6 Å². The number of methoxy groups -OCH3 is 2. The number of hydrogen-bond donors (Lipinski definition) is 2. The number of nitrogens with two attached hydrogens (primary N) is 1. The molecule has 2 aromatic rings. The molecule has 0 fully saturated rings. The molecule has 27 heavy (non-hydrogen) atoms. The first kappa shape index (κ1) is 19.7. The largest absolute Gasteiger partial charge is 0.493 e. The van der Waals surface area contributed by atoms with Crippen molar-refractivity contribution in [3.8, 4) is 29.1 Å². The zero-order valence-electron chi connectivity index (χ0n) is 15.1. The molecule has 0 aliphatic carbocycles. The maximum absolute atomic E-state index is 12.1. The van der Waals surface area contributed by atoms with Gasteiger partial charge in [-0.2, -0.15) is 0 Å². The molecule has 0 aromatic heterocycles. The van der Waals surface area contributed by atoms with Gasteiger partial charge in [0.2, 0.25) is 0 Å². The first-order valence-corrected chi connectivity index (χ1v) is 8.04. The predicted octanol–water partition coefficient (Wildman–Crippen LogP) is 1.61. The van der Waals surface area contributed by atoms with Gasteiger partial charge < -0.3 is 25.3 Å². The summed E-state index contributed by atoms with van der Waals surface area (Å²) in [6.07, 6.45) is 0. The molecule has 0 unspecified atom stereocenters. The third kappa shape index (κ3) is 5.41. The highest BCUT2D eigenvalue weighted by Gasteiger charge is 2.10. The Hall–Kier alpha value is -3.66. The van der Waals surface area contributed by atoms with Crippen LogP contribution < -0.4 is 25.3 Å². The van der Waals surface area contributed by atoms with Gasteiger partial charge in [-0.3, -0.25) is 9.59 Å². The molecule has 0 spiro atoms. The van der Waals surface area contributed by atoms with Crippen LogP contribution in [0.1, 0.15) is 20.7 Å². The SMILES string of the molecule is COc1ccc(C(=O)NCC#CCOc2ccccc2C(N)=O)cc1OC. The van der Waals surface area contributed by atoms with Crippen LogP contribution in [-0.4, -0.2) is 39.2 Å². The van der Waals surface area contributed by atoms with Crippen LogP contribution in [0.25, 0.3) is 0 Å². The summed E-state index contributed by atoms with van der Waals surface area (Å²) in [4.78, 5) is 23.4. The van der Waals surface area contributed by atoms with E-state index < -0.39 is 5.91 Å². The van der Waals surface area contributed by atoms with Gasteiger partial charge in [0.05, 0.1) is 26.3 Å². The van der Waals surface area contributed by atoms with E-state index in [1.54, 1.807) is 42.5 Å². The topological polar surface area (TPSA) is 99.9 Å². The van der Waals surface area contributed by atoms with Crippen LogP contribution in [0.15, 0.2) is 42.5 Å². The molecule has 2 amide bonds. The van der Waals surface area contributed by atoms with Crippen LogP contribution in [0.5, 0.6) is 17.2 Å². The molecule has 2 aromatic carbocycles. The highest BCUT2D eigenvalue weighted by molar-refractivity contribution is 5.95. The summed E-state index contributed by atoms with van der Waals surface area (Å²) in [6, 6.07) is 11.5. The molecule has 0 aliphatic heterocycles. The summed E-state index contributed by atoms with van der Waals surface area (Å²) in [6.45, 7) is 0.213. The summed E-state index contributed by atoms with van der Waals surface area (Å²) in [7, 11) is 3.03. The van der Waals surface area contributed by atoms with Crippen LogP contribution in [0.3, 0.4) is 0 Å². The number of para-hydroxylation sites is 1. The fraction of sp³-hybridized carbons (Fsp3) is 0.200. The molecule has 0 saturated heterocycles. The Kier molecular flexibility index (Phi) is 7.08. The molecule has 0 heterocycles. The molecular weight excluding hydrogens is 348 g/mol. The summed E-state index contributed by atoms with van der Waals surface area (Å²) in [5.41, 5.74) is 6.00. The number of benzene rings is 2. The van der Waals surface area contributed by atoms with E-state index in [9.17, 15) is 9.59 Å². The number of nitrogens with one attached hydrogen (secondary N) is 1. The average Bonchev–Trinajstić information content (AvgIpc) is 2.69. The van der Waals surface area contributed by atoms with Gasteiger partial charge >= 0.3 is 0 Å². The normalized spacial score (nSPS) is 9.56. The summed E-state index contributed by atoms with van der Waals surface area (Å²) in [5.74, 6) is 6.07. The molecule has 0 saturated carbocycles. The molecule has 0 radical (unpaired) electrons. The van der Waals surface area contributed by atoms with Gasteiger partial charge in [0.25, 0.3) is 11.8 Å². The van der Waals surface area contributed by atoms with Gasteiger partial charge in [-0.05, 0) is 30.3 Å². The standard InChI is InChI=1S/C20H20N2O5/c1-25-17-10-9-14(13-18(17)26-2)20(24)22-11-5-6-12-27-16-8-4-3-7-15(16)19(21)23/h3-4,7-10,13H,11-12H2,1-2H3,(H2,21,23)(H,22,24). The fourth-order valence-electron chi connectivity index (χ4n) is 2.23. The van der Waals surface area contributed by atoms with E-state index in [4.69, 9.17) is 19.9 Å². The van der Waals surface area contributed by atoms with Crippen LogP contribution >= 0.6 is 0 Å². The van der Waals surface area contributed by atoms with Crippen molar-refractivity contribution in [2.45, 2.75) is 0 Å².